The third-order valence-corrected chi connectivity index (χ3v) is 7.62. The van der Waals surface area contributed by atoms with Gasteiger partial charge < -0.3 is 4.74 Å². The largest absolute Gasteiger partial charge is 0.462 e. The number of esters is 1. The molecule has 0 N–H and O–H groups in total. The van der Waals surface area contributed by atoms with Crippen LogP contribution in [0.5, 0.6) is 0 Å². The van der Waals surface area contributed by atoms with Crippen LogP contribution in [0.4, 0.5) is 0 Å². The number of ether oxygens (including phenoxy) is 1. The van der Waals surface area contributed by atoms with Crippen LogP contribution in [0.15, 0.2) is 23.3 Å². The summed E-state index contributed by atoms with van der Waals surface area (Å²) in [6, 6.07) is 0. The highest BCUT2D eigenvalue weighted by Crippen LogP contribution is 2.63. The van der Waals surface area contributed by atoms with Crippen LogP contribution in [0.2, 0.25) is 0 Å². The van der Waals surface area contributed by atoms with Crippen molar-refractivity contribution in [2.75, 3.05) is 0 Å². The molecule has 3 nitrogen and oxygen atoms in total. The maximum absolute atomic E-state index is 11.9. The Kier molecular flexibility index (Phi) is 3.56. The van der Waals surface area contributed by atoms with Crippen molar-refractivity contribution in [3.05, 3.63) is 23.3 Å². The van der Waals surface area contributed by atoms with Gasteiger partial charge in [0.05, 0.1) is 0 Å². The minimum atomic E-state index is -0.149. The first-order valence-corrected chi connectivity index (χ1v) is 9.45. The van der Waals surface area contributed by atoms with Crippen LogP contribution in [-0.2, 0) is 14.3 Å². The van der Waals surface area contributed by atoms with E-state index in [1.807, 2.05) is 6.08 Å². The topological polar surface area (TPSA) is 43.4 Å². The molecule has 2 saturated carbocycles. The van der Waals surface area contributed by atoms with E-state index in [1.165, 1.54) is 12.5 Å². The molecule has 4 rings (SSSR count). The van der Waals surface area contributed by atoms with Crippen LogP contribution in [0.3, 0.4) is 0 Å². The highest BCUT2D eigenvalue weighted by atomic mass is 16.5. The second-order valence-electron chi connectivity index (χ2n) is 8.79. The first-order valence-electron chi connectivity index (χ1n) is 9.45. The summed E-state index contributed by atoms with van der Waals surface area (Å²) >= 11 is 0. The third-order valence-electron chi connectivity index (χ3n) is 7.62. The second-order valence-corrected chi connectivity index (χ2v) is 8.79. The van der Waals surface area contributed by atoms with Gasteiger partial charge in [-0.05, 0) is 61.9 Å². The summed E-state index contributed by atoms with van der Waals surface area (Å²) in [5.74, 6) is 1.26. The Labute approximate surface area is 144 Å². The number of ketones is 1. The Morgan fingerprint density at radius 2 is 1.96 bits per heavy atom. The van der Waals surface area contributed by atoms with E-state index in [-0.39, 0.29) is 22.9 Å². The summed E-state index contributed by atoms with van der Waals surface area (Å²) in [7, 11) is 0. The molecule has 0 heterocycles. The molecule has 24 heavy (non-hydrogen) atoms. The minimum Gasteiger partial charge on any atom is -0.462 e. The van der Waals surface area contributed by atoms with E-state index in [1.54, 1.807) is 5.57 Å². The van der Waals surface area contributed by atoms with Crippen molar-refractivity contribution >= 4 is 11.8 Å². The van der Waals surface area contributed by atoms with Crippen molar-refractivity contribution < 1.29 is 14.3 Å². The minimum absolute atomic E-state index is 0.0690. The molecule has 130 valence electrons. The summed E-state index contributed by atoms with van der Waals surface area (Å²) in [4.78, 5) is 23.3. The molecule has 0 radical (unpaired) electrons. The number of hydrogen-bond acceptors (Lipinski definition) is 3. The second kappa shape index (κ2) is 5.31. The number of rotatable bonds is 1. The van der Waals surface area contributed by atoms with Gasteiger partial charge in [0.15, 0.2) is 5.78 Å². The van der Waals surface area contributed by atoms with Crippen LogP contribution < -0.4 is 0 Å². The number of carbonyl (C=O) groups excluding carboxylic acids is 2. The highest BCUT2D eigenvalue weighted by molar-refractivity contribution is 5.91. The van der Waals surface area contributed by atoms with Gasteiger partial charge in [0.1, 0.15) is 6.10 Å². The van der Waals surface area contributed by atoms with Crippen molar-refractivity contribution in [1.82, 2.24) is 0 Å². The SMILES string of the molecule is CC(=O)OC1CCC2C3=CCC4=CC(=O)CCC4(C)C3CCC12C. The van der Waals surface area contributed by atoms with Gasteiger partial charge in [-0.15, -0.1) is 0 Å². The number of fused-ring (bicyclic) bond motifs is 5. The van der Waals surface area contributed by atoms with Crippen LogP contribution in [0, 0.1) is 22.7 Å². The smallest absolute Gasteiger partial charge is 0.302 e. The molecule has 0 saturated heterocycles. The molecule has 0 spiro atoms. The van der Waals surface area contributed by atoms with Crippen molar-refractivity contribution in [3.63, 3.8) is 0 Å². The molecule has 5 unspecified atom stereocenters. The lowest BCUT2D eigenvalue weighted by atomic mass is 9.51. The lowest BCUT2D eigenvalue weighted by molar-refractivity contribution is -0.153. The maximum Gasteiger partial charge on any atom is 0.302 e. The molecule has 5 atom stereocenters. The molecule has 3 heteroatoms. The summed E-state index contributed by atoms with van der Waals surface area (Å²) in [5, 5.41) is 0. The number of hydrogen-bond donors (Lipinski definition) is 0. The molecule has 2 fully saturated rings. The molecule has 0 amide bonds. The average molecular weight is 328 g/mol. The average Bonchev–Trinajstić information content (AvgIpc) is 2.84. The van der Waals surface area contributed by atoms with E-state index in [4.69, 9.17) is 4.74 Å². The molecule has 4 aliphatic rings. The first kappa shape index (κ1) is 16.1. The van der Waals surface area contributed by atoms with Gasteiger partial charge in [-0.1, -0.05) is 31.1 Å². The molecular formula is C21H28O3. The number of carbonyl (C=O) groups is 2. The van der Waals surface area contributed by atoms with Crippen LogP contribution >= 0.6 is 0 Å². The van der Waals surface area contributed by atoms with Gasteiger partial charge in [-0.2, -0.15) is 0 Å². The molecule has 4 aliphatic carbocycles. The third kappa shape index (κ3) is 2.16. The molecule has 0 aliphatic heterocycles. The van der Waals surface area contributed by atoms with Gasteiger partial charge in [0.25, 0.3) is 0 Å². The fourth-order valence-corrected chi connectivity index (χ4v) is 6.21. The molecule has 0 aromatic heterocycles. The van der Waals surface area contributed by atoms with E-state index in [0.29, 0.717) is 24.0 Å². The normalized spacial score (nSPS) is 44.0. The van der Waals surface area contributed by atoms with Crippen molar-refractivity contribution in [3.8, 4) is 0 Å². The first-order chi connectivity index (χ1) is 11.3. The van der Waals surface area contributed by atoms with Gasteiger partial charge >= 0.3 is 5.97 Å². The lowest BCUT2D eigenvalue weighted by Gasteiger charge is -2.54. The van der Waals surface area contributed by atoms with E-state index in [9.17, 15) is 9.59 Å². The zero-order valence-electron chi connectivity index (χ0n) is 15.1. The van der Waals surface area contributed by atoms with Crippen LogP contribution in [0.25, 0.3) is 0 Å². The lowest BCUT2D eigenvalue weighted by Crippen LogP contribution is -2.47. The quantitative estimate of drug-likeness (QED) is 0.530. The fraction of sp³-hybridized carbons (Fsp3) is 0.714. The molecule has 0 aromatic carbocycles. The molecule has 0 aromatic rings. The van der Waals surface area contributed by atoms with E-state index >= 15 is 0 Å². The Morgan fingerprint density at radius 3 is 2.71 bits per heavy atom. The summed E-state index contributed by atoms with van der Waals surface area (Å²) in [6.45, 7) is 6.23. The Balaban J connectivity index is 1.68. The highest BCUT2D eigenvalue weighted by Gasteiger charge is 2.57. The van der Waals surface area contributed by atoms with Crippen molar-refractivity contribution in [1.29, 1.82) is 0 Å². The summed E-state index contributed by atoms with van der Waals surface area (Å²) in [5.41, 5.74) is 3.22. The Bertz CT molecular complexity index is 658. The van der Waals surface area contributed by atoms with E-state index < -0.39 is 0 Å². The van der Waals surface area contributed by atoms with Crippen LogP contribution in [-0.4, -0.2) is 17.9 Å². The van der Waals surface area contributed by atoms with Crippen molar-refractivity contribution in [2.24, 2.45) is 22.7 Å². The monoisotopic (exact) mass is 328 g/mol. The fourth-order valence-electron chi connectivity index (χ4n) is 6.21. The van der Waals surface area contributed by atoms with E-state index in [0.717, 1.165) is 38.5 Å². The van der Waals surface area contributed by atoms with Gasteiger partial charge in [-0.25, -0.2) is 0 Å². The number of allylic oxidation sites excluding steroid dienone is 4. The maximum atomic E-state index is 11.9. The van der Waals surface area contributed by atoms with Gasteiger partial charge in [-0.3, -0.25) is 9.59 Å². The Hall–Kier alpha value is -1.38. The zero-order chi connectivity index (χ0) is 17.1. The van der Waals surface area contributed by atoms with Crippen LogP contribution in [0.1, 0.15) is 65.7 Å². The Morgan fingerprint density at radius 1 is 1.17 bits per heavy atom. The molecular weight excluding hydrogens is 300 g/mol. The van der Waals surface area contributed by atoms with Crippen molar-refractivity contribution in [2.45, 2.75) is 71.8 Å². The summed E-state index contributed by atoms with van der Waals surface area (Å²) in [6.07, 6.45) is 11.4. The summed E-state index contributed by atoms with van der Waals surface area (Å²) < 4.78 is 5.69. The predicted octanol–water partition coefficient (Wildman–Crippen LogP) is 4.37. The van der Waals surface area contributed by atoms with E-state index in [2.05, 4.69) is 19.9 Å². The zero-order valence-corrected chi connectivity index (χ0v) is 15.1. The predicted molar refractivity (Wildman–Crippen MR) is 92.2 cm³/mol. The van der Waals surface area contributed by atoms with Gasteiger partial charge in [0, 0.05) is 18.8 Å². The van der Waals surface area contributed by atoms with Gasteiger partial charge in [0.2, 0.25) is 0 Å². The standard InChI is InChI=1S/C21H28O3/c1-13(22)24-19-7-6-17-16-5-4-14-12-15(23)8-10-20(14,2)18(16)9-11-21(17,19)3/h5,12,17-19H,4,6-11H2,1-3H3. The molecule has 0 bridgehead atoms.